The summed E-state index contributed by atoms with van der Waals surface area (Å²) in [7, 11) is 0. The van der Waals surface area contributed by atoms with Crippen LogP contribution in [0.1, 0.15) is 32.8 Å². The summed E-state index contributed by atoms with van der Waals surface area (Å²) in [5, 5.41) is 9.32. The average Bonchev–Trinajstić information content (AvgIpc) is 2.89. The van der Waals surface area contributed by atoms with E-state index in [0.717, 1.165) is 5.56 Å². The van der Waals surface area contributed by atoms with E-state index in [1.807, 2.05) is 0 Å². The van der Waals surface area contributed by atoms with Crippen LogP contribution in [0.4, 0.5) is 9.18 Å². The number of aliphatic carboxylic acids is 1. The number of halogens is 1. The zero-order valence-electron chi connectivity index (χ0n) is 14.0. The molecule has 0 radical (unpaired) electrons. The average molecular weight is 339 g/mol. The lowest BCUT2D eigenvalue weighted by Crippen LogP contribution is -2.43. The number of likely N-dealkylation sites (tertiary alicyclic amines) is 1. The van der Waals surface area contributed by atoms with Gasteiger partial charge in [-0.05, 0) is 38.5 Å². The van der Waals surface area contributed by atoms with Crippen LogP contribution in [-0.2, 0) is 20.9 Å². The van der Waals surface area contributed by atoms with E-state index in [2.05, 4.69) is 0 Å². The quantitative estimate of drug-likeness (QED) is 0.913. The Bertz CT molecular complexity index is 596. The van der Waals surface area contributed by atoms with Crippen molar-refractivity contribution in [1.29, 1.82) is 0 Å². The molecule has 2 atom stereocenters. The molecular weight excluding hydrogens is 317 g/mol. The summed E-state index contributed by atoms with van der Waals surface area (Å²) in [5.74, 6) is -1.42. The molecule has 1 aromatic rings. The van der Waals surface area contributed by atoms with Gasteiger partial charge in [-0.3, -0.25) is 4.90 Å². The molecular formula is C17H22FNO5. The lowest BCUT2D eigenvalue weighted by molar-refractivity contribution is -0.142. The largest absolute Gasteiger partial charge is 0.480 e. The molecule has 7 heteroatoms. The van der Waals surface area contributed by atoms with Crippen LogP contribution in [0.5, 0.6) is 0 Å². The maximum absolute atomic E-state index is 12.9. The Morgan fingerprint density at radius 1 is 1.29 bits per heavy atom. The van der Waals surface area contributed by atoms with Crippen LogP contribution in [0.25, 0.3) is 0 Å². The van der Waals surface area contributed by atoms with Crippen molar-refractivity contribution in [2.75, 3.05) is 6.54 Å². The van der Waals surface area contributed by atoms with Gasteiger partial charge in [-0.15, -0.1) is 0 Å². The monoisotopic (exact) mass is 339 g/mol. The number of rotatable bonds is 4. The van der Waals surface area contributed by atoms with Gasteiger partial charge in [-0.1, -0.05) is 12.1 Å². The lowest BCUT2D eigenvalue weighted by atomic mass is 10.2. The Morgan fingerprint density at radius 2 is 1.92 bits per heavy atom. The van der Waals surface area contributed by atoms with Gasteiger partial charge in [0.15, 0.2) is 0 Å². The first-order valence-corrected chi connectivity index (χ1v) is 7.74. The Balaban J connectivity index is 1.97. The molecule has 0 aromatic heterocycles. The zero-order valence-corrected chi connectivity index (χ0v) is 14.0. The summed E-state index contributed by atoms with van der Waals surface area (Å²) < 4.78 is 23.8. The summed E-state index contributed by atoms with van der Waals surface area (Å²) in [5.41, 5.74) is 0.0756. The zero-order chi connectivity index (χ0) is 17.9. The second-order valence-electron chi connectivity index (χ2n) is 6.78. The number of hydrogen-bond donors (Lipinski definition) is 1. The third kappa shape index (κ3) is 4.92. The van der Waals surface area contributed by atoms with Crippen molar-refractivity contribution in [2.24, 2.45) is 0 Å². The third-order valence-corrected chi connectivity index (χ3v) is 3.57. The van der Waals surface area contributed by atoms with E-state index < -0.39 is 29.8 Å². The second-order valence-corrected chi connectivity index (χ2v) is 6.78. The van der Waals surface area contributed by atoms with E-state index in [4.69, 9.17) is 9.47 Å². The molecule has 1 amide bonds. The normalized spacial score (nSPS) is 20.9. The fourth-order valence-electron chi connectivity index (χ4n) is 2.47. The second kappa shape index (κ2) is 7.17. The predicted octanol–water partition coefficient (Wildman–Crippen LogP) is 2.80. The van der Waals surface area contributed by atoms with E-state index in [9.17, 15) is 19.1 Å². The van der Waals surface area contributed by atoms with Crippen molar-refractivity contribution < 1.29 is 28.6 Å². The van der Waals surface area contributed by atoms with E-state index in [0.29, 0.717) is 0 Å². The molecule has 1 aromatic carbocycles. The van der Waals surface area contributed by atoms with Crippen LogP contribution in [0.3, 0.4) is 0 Å². The first kappa shape index (κ1) is 18.2. The number of carboxylic acids is 1. The van der Waals surface area contributed by atoms with Crippen molar-refractivity contribution in [1.82, 2.24) is 4.90 Å². The minimum Gasteiger partial charge on any atom is -0.480 e. The molecule has 1 aliphatic rings. The molecule has 1 N–H and O–H groups in total. The molecule has 1 heterocycles. The summed E-state index contributed by atoms with van der Waals surface area (Å²) in [6.45, 7) is 5.53. The SMILES string of the molecule is CC(C)(C)OC(=O)N1C[C@H](OCc2ccc(F)cc2)C[C@H]1C(=O)O. The van der Waals surface area contributed by atoms with Gasteiger partial charge >= 0.3 is 12.1 Å². The van der Waals surface area contributed by atoms with Gasteiger partial charge in [0, 0.05) is 6.42 Å². The van der Waals surface area contributed by atoms with Crippen LogP contribution < -0.4 is 0 Å². The molecule has 6 nitrogen and oxygen atoms in total. The topological polar surface area (TPSA) is 76.1 Å². The Kier molecular flexibility index (Phi) is 5.43. The number of carbonyl (C=O) groups excluding carboxylic acids is 1. The number of ether oxygens (including phenoxy) is 2. The maximum Gasteiger partial charge on any atom is 0.411 e. The van der Waals surface area contributed by atoms with Gasteiger partial charge in [0.25, 0.3) is 0 Å². The van der Waals surface area contributed by atoms with Crippen molar-refractivity contribution >= 4 is 12.1 Å². The molecule has 0 saturated carbocycles. The van der Waals surface area contributed by atoms with Crippen LogP contribution in [0, 0.1) is 5.82 Å². The van der Waals surface area contributed by atoms with Crippen LogP contribution in [0.15, 0.2) is 24.3 Å². The Labute approximate surface area is 140 Å². The molecule has 0 aliphatic carbocycles. The summed E-state index contributed by atoms with van der Waals surface area (Å²) in [4.78, 5) is 24.8. The molecule has 0 unspecified atom stereocenters. The van der Waals surface area contributed by atoms with E-state index >= 15 is 0 Å². The minimum atomic E-state index is -1.09. The van der Waals surface area contributed by atoms with E-state index in [1.54, 1.807) is 32.9 Å². The first-order valence-electron chi connectivity index (χ1n) is 7.74. The van der Waals surface area contributed by atoms with Crippen LogP contribution in [-0.4, -0.2) is 46.4 Å². The smallest absolute Gasteiger partial charge is 0.411 e. The van der Waals surface area contributed by atoms with Gasteiger partial charge < -0.3 is 14.6 Å². The van der Waals surface area contributed by atoms with Gasteiger partial charge in [0.2, 0.25) is 0 Å². The molecule has 1 aliphatic heterocycles. The van der Waals surface area contributed by atoms with E-state index in [-0.39, 0.29) is 25.4 Å². The van der Waals surface area contributed by atoms with Crippen LogP contribution >= 0.6 is 0 Å². The number of nitrogens with zero attached hydrogens (tertiary/aromatic N) is 1. The van der Waals surface area contributed by atoms with Gasteiger partial charge in [0.05, 0.1) is 19.3 Å². The number of hydrogen-bond acceptors (Lipinski definition) is 4. The van der Waals surface area contributed by atoms with Gasteiger partial charge in [-0.2, -0.15) is 0 Å². The summed E-state index contributed by atoms with van der Waals surface area (Å²) in [6.07, 6.45) is -0.887. The third-order valence-electron chi connectivity index (χ3n) is 3.57. The Morgan fingerprint density at radius 3 is 2.46 bits per heavy atom. The highest BCUT2D eigenvalue weighted by atomic mass is 19.1. The molecule has 1 fully saturated rings. The number of benzene rings is 1. The fourth-order valence-corrected chi connectivity index (χ4v) is 2.47. The molecule has 0 bridgehead atoms. The molecule has 132 valence electrons. The molecule has 2 rings (SSSR count). The molecule has 0 spiro atoms. The molecule has 1 saturated heterocycles. The lowest BCUT2D eigenvalue weighted by Gasteiger charge is -2.26. The van der Waals surface area contributed by atoms with Gasteiger partial charge in [-0.25, -0.2) is 14.0 Å². The maximum atomic E-state index is 12.9. The summed E-state index contributed by atoms with van der Waals surface area (Å²) >= 11 is 0. The highest BCUT2D eigenvalue weighted by molar-refractivity contribution is 5.81. The summed E-state index contributed by atoms with van der Waals surface area (Å²) in [6, 6.07) is 4.90. The van der Waals surface area contributed by atoms with Crippen molar-refractivity contribution in [3.8, 4) is 0 Å². The Hall–Kier alpha value is -2.15. The number of carbonyl (C=O) groups is 2. The van der Waals surface area contributed by atoms with Crippen LogP contribution in [0.2, 0.25) is 0 Å². The highest BCUT2D eigenvalue weighted by Crippen LogP contribution is 2.24. The van der Waals surface area contributed by atoms with Crippen molar-refractivity contribution in [3.05, 3.63) is 35.6 Å². The first-order chi connectivity index (χ1) is 11.2. The van der Waals surface area contributed by atoms with Gasteiger partial charge in [0.1, 0.15) is 17.5 Å². The fraction of sp³-hybridized carbons (Fsp3) is 0.529. The predicted molar refractivity (Wildman–Crippen MR) is 84.0 cm³/mol. The minimum absolute atomic E-state index is 0.146. The van der Waals surface area contributed by atoms with E-state index in [1.165, 1.54) is 17.0 Å². The van der Waals surface area contributed by atoms with Crippen molar-refractivity contribution in [3.63, 3.8) is 0 Å². The standard InChI is InChI=1S/C17H22FNO5/c1-17(2,3)24-16(22)19-9-13(8-14(19)15(20)21)23-10-11-4-6-12(18)7-5-11/h4-7,13-14H,8-10H2,1-3H3,(H,20,21)/t13-,14+/m1/s1. The molecule has 24 heavy (non-hydrogen) atoms. The highest BCUT2D eigenvalue weighted by Gasteiger charge is 2.42. The van der Waals surface area contributed by atoms with Crippen molar-refractivity contribution in [2.45, 2.75) is 51.5 Å². The number of amides is 1. The number of carboxylic acid groups (broad SMARTS) is 1.